The van der Waals surface area contributed by atoms with Gasteiger partial charge in [-0.2, -0.15) is 0 Å². The quantitative estimate of drug-likeness (QED) is 0.271. The van der Waals surface area contributed by atoms with Crippen LogP contribution in [0.1, 0.15) is 68.0 Å². The van der Waals surface area contributed by atoms with E-state index in [-0.39, 0.29) is 5.78 Å². The number of ketones is 1. The van der Waals surface area contributed by atoms with E-state index in [0.717, 1.165) is 60.3 Å². The molecule has 0 unspecified atom stereocenters. The Morgan fingerprint density at radius 2 is 1.88 bits per heavy atom. The molecule has 0 bridgehead atoms. The van der Waals surface area contributed by atoms with Crippen molar-refractivity contribution in [2.24, 2.45) is 0 Å². The second-order valence-corrected chi connectivity index (χ2v) is 7.99. The summed E-state index contributed by atoms with van der Waals surface area (Å²) in [6.07, 6.45) is 7.19. The number of hydrogen-bond acceptors (Lipinski definition) is 7. The zero-order valence-corrected chi connectivity index (χ0v) is 19.0. The molecular formula is C24H28N8O. The Kier molecular flexibility index (Phi) is 7.29. The molecule has 0 atom stereocenters. The van der Waals surface area contributed by atoms with E-state index in [4.69, 9.17) is 0 Å². The minimum Gasteiger partial charge on any atom is -0.291 e. The molecule has 33 heavy (non-hydrogen) atoms. The Labute approximate surface area is 192 Å². The van der Waals surface area contributed by atoms with Gasteiger partial charge in [0.1, 0.15) is 5.82 Å². The van der Waals surface area contributed by atoms with Crippen LogP contribution in [-0.2, 0) is 13.0 Å². The number of pyridine rings is 1. The minimum atomic E-state index is -0.0000211. The van der Waals surface area contributed by atoms with Crippen LogP contribution in [0.15, 0.2) is 42.6 Å². The van der Waals surface area contributed by atoms with Crippen LogP contribution in [0.25, 0.3) is 22.6 Å². The lowest BCUT2D eigenvalue weighted by molar-refractivity contribution is 0.0971. The molecule has 0 radical (unpaired) electrons. The number of nitrogens with zero attached hydrogens (tertiary/aromatic N) is 7. The lowest BCUT2D eigenvalue weighted by atomic mass is 10.0. The van der Waals surface area contributed by atoms with Crippen molar-refractivity contribution >= 4 is 5.78 Å². The zero-order valence-electron chi connectivity index (χ0n) is 19.0. The summed E-state index contributed by atoms with van der Waals surface area (Å²) in [6.45, 7) is 4.68. The molecule has 1 N–H and O–H groups in total. The van der Waals surface area contributed by atoms with Crippen LogP contribution >= 0.6 is 0 Å². The van der Waals surface area contributed by atoms with E-state index in [1.807, 2.05) is 54.2 Å². The van der Waals surface area contributed by atoms with Crippen LogP contribution in [0.3, 0.4) is 0 Å². The molecule has 0 aliphatic heterocycles. The molecule has 9 heteroatoms. The molecule has 4 rings (SSSR count). The van der Waals surface area contributed by atoms with Crippen molar-refractivity contribution in [1.82, 2.24) is 40.4 Å². The van der Waals surface area contributed by atoms with E-state index in [9.17, 15) is 4.79 Å². The van der Waals surface area contributed by atoms with Crippen molar-refractivity contribution in [3.63, 3.8) is 0 Å². The van der Waals surface area contributed by atoms with Gasteiger partial charge in [0.2, 0.25) is 11.6 Å². The highest BCUT2D eigenvalue weighted by Crippen LogP contribution is 2.28. The average molecular weight is 445 g/mol. The van der Waals surface area contributed by atoms with Crippen molar-refractivity contribution in [1.29, 1.82) is 0 Å². The number of carbonyl (C=O) groups excluding carboxylic acids is 1. The summed E-state index contributed by atoms with van der Waals surface area (Å²) in [4.78, 5) is 21.6. The molecule has 0 fully saturated rings. The number of unbranched alkanes of at least 4 members (excludes halogenated alkanes) is 2. The maximum absolute atomic E-state index is 12.4. The molecule has 3 heterocycles. The van der Waals surface area contributed by atoms with E-state index in [2.05, 4.69) is 42.6 Å². The third kappa shape index (κ3) is 5.36. The Morgan fingerprint density at radius 1 is 1.03 bits per heavy atom. The molecule has 0 saturated heterocycles. The van der Waals surface area contributed by atoms with E-state index in [1.54, 1.807) is 0 Å². The normalized spacial score (nSPS) is 11.1. The first-order valence-electron chi connectivity index (χ1n) is 11.4. The number of H-pyrrole nitrogens is 1. The molecule has 0 aliphatic carbocycles. The fourth-order valence-corrected chi connectivity index (χ4v) is 3.71. The number of aromatic amines is 1. The van der Waals surface area contributed by atoms with Crippen LogP contribution in [0.5, 0.6) is 0 Å². The Morgan fingerprint density at radius 3 is 2.58 bits per heavy atom. The number of nitrogens with one attached hydrogen (secondary N) is 1. The topological polar surface area (TPSA) is 115 Å². The van der Waals surface area contributed by atoms with E-state index in [0.29, 0.717) is 24.6 Å². The number of rotatable bonds is 11. The molecule has 3 aromatic heterocycles. The summed E-state index contributed by atoms with van der Waals surface area (Å²) in [5.41, 5.74) is 3.65. The smallest absolute Gasteiger partial charge is 0.217 e. The van der Waals surface area contributed by atoms with Crippen LogP contribution in [0, 0.1) is 0 Å². The standard InChI is InChI=1S/C24H28N8O/c1-3-5-6-12-22-26-24(21(33)9-4-2)29-32(22)16-17-13-14-20(25-15-17)18-10-7-8-11-19(18)23-27-30-31-28-23/h7-8,10-11,13-15H,3-6,9,12,16H2,1-2H3,(H,27,28,30,31). The number of Topliss-reactive ketones (excluding diaryl/α,β-unsaturated/α-hetero) is 1. The first-order valence-corrected chi connectivity index (χ1v) is 11.4. The predicted molar refractivity (Wildman–Crippen MR) is 124 cm³/mol. The second-order valence-electron chi connectivity index (χ2n) is 7.99. The molecule has 1 aromatic carbocycles. The Balaban J connectivity index is 1.56. The van der Waals surface area contributed by atoms with E-state index < -0.39 is 0 Å². The third-order valence-corrected chi connectivity index (χ3v) is 5.44. The predicted octanol–water partition coefficient (Wildman–Crippen LogP) is 4.28. The van der Waals surface area contributed by atoms with Gasteiger partial charge in [-0.15, -0.1) is 10.2 Å². The van der Waals surface area contributed by atoms with E-state index in [1.165, 1.54) is 0 Å². The van der Waals surface area contributed by atoms with Crippen LogP contribution in [0.2, 0.25) is 0 Å². The highest BCUT2D eigenvalue weighted by atomic mass is 16.1. The Hall–Kier alpha value is -3.75. The van der Waals surface area contributed by atoms with Gasteiger partial charge in [0, 0.05) is 30.2 Å². The summed E-state index contributed by atoms with van der Waals surface area (Å²) in [6, 6.07) is 11.9. The minimum absolute atomic E-state index is 0.0000211. The number of aromatic nitrogens is 8. The molecule has 0 saturated carbocycles. The van der Waals surface area contributed by atoms with Crippen LogP contribution < -0.4 is 0 Å². The van der Waals surface area contributed by atoms with Crippen molar-refractivity contribution in [3.05, 3.63) is 59.8 Å². The lowest BCUT2D eigenvalue weighted by Crippen LogP contribution is -2.08. The van der Waals surface area contributed by atoms with Crippen molar-refractivity contribution in [3.8, 4) is 22.6 Å². The van der Waals surface area contributed by atoms with E-state index >= 15 is 0 Å². The molecule has 4 aromatic rings. The van der Waals surface area contributed by atoms with Gasteiger partial charge in [-0.3, -0.25) is 9.78 Å². The Bertz CT molecular complexity index is 1180. The fraction of sp³-hybridized carbons (Fsp3) is 0.375. The average Bonchev–Trinajstić information content (AvgIpc) is 3.51. The lowest BCUT2D eigenvalue weighted by Gasteiger charge is -2.09. The monoisotopic (exact) mass is 444 g/mol. The summed E-state index contributed by atoms with van der Waals surface area (Å²) < 4.78 is 1.85. The fourth-order valence-electron chi connectivity index (χ4n) is 3.71. The highest BCUT2D eigenvalue weighted by Gasteiger charge is 2.16. The summed E-state index contributed by atoms with van der Waals surface area (Å²) >= 11 is 0. The van der Waals surface area contributed by atoms with Crippen molar-refractivity contribution < 1.29 is 4.79 Å². The summed E-state index contributed by atoms with van der Waals surface area (Å²) in [7, 11) is 0. The highest BCUT2D eigenvalue weighted by molar-refractivity contribution is 5.92. The van der Waals surface area contributed by atoms with Gasteiger partial charge < -0.3 is 0 Å². The van der Waals surface area contributed by atoms with Crippen LogP contribution in [-0.4, -0.2) is 46.2 Å². The van der Waals surface area contributed by atoms with Gasteiger partial charge in [-0.1, -0.05) is 57.0 Å². The number of tetrazole rings is 1. The number of carbonyl (C=O) groups is 1. The zero-order chi connectivity index (χ0) is 23.0. The molecule has 0 spiro atoms. The summed E-state index contributed by atoms with van der Waals surface area (Å²) in [5, 5.41) is 18.7. The molecule has 0 amide bonds. The van der Waals surface area contributed by atoms with Gasteiger partial charge >= 0.3 is 0 Å². The number of aryl methyl sites for hydroxylation is 1. The van der Waals surface area contributed by atoms with Gasteiger partial charge in [-0.25, -0.2) is 14.8 Å². The van der Waals surface area contributed by atoms with Gasteiger partial charge in [0.05, 0.1) is 12.2 Å². The SMILES string of the molecule is CCCCCc1nc(C(=O)CCC)nn1Cc1ccc(-c2ccccc2-c2nnn[nH]2)nc1. The largest absolute Gasteiger partial charge is 0.291 e. The van der Waals surface area contributed by atoms with Gasteiger partial charge in [-0.05, 0) is 34.9 Å². The van der Waals surface area contributed by atoms with Gasteiger partial charge in [0.15, 0.2) is 5.82 Å². The molecule has 0 aliphatic rings. The van der Waals surface area contributed by atoms with Gasteiger partial charge in [0.25, 0.3) is 0 Å². The summed E-state index contributed by atoms with van der Waals surface area (Å²) in [5.74, 6) is 1.78. The van der Waals surface area contributed by atoms with Crippen molar-refractivity contribution in [2.75, 3.05) is 0 Å². The maximum atomic E-state index is 12.4. The first kappa shape index (κ1) is 22.4. The molecule has 9 nitrogen and oxygen atoms in total. The molecular weight excluding hydrogens is 416 g/mol. The number of hydrogen-bond donors (Lipinski definition) is 1. The van der Waals surface area contributed by atoms with Crippen molar-refractivity contribution in [2.45, 2.75) is 58.9 Å². The third-order valence-electron chi connectivity index (χ3n) is 5.44. The number of benzene rings is 1. The first-order chi connectivity index (χ1) is 16.2. The second kappa shape index (κ2) is 10.7. The maximum Gasteiger partial charge on any atom is 0.217 e. The molecule has 170 valence electrons. The van der Waals surface area contributed by atoms with Crippen LogP contribution in [0.4, 0.5) is 0 Å².